The molecule has 1 atom stereocenters. The summed E-state index contributed by atoms with van der Waals surface area (Å²) in [6, 6.07) is 4.00. The van der Waals surface area contributed by atoms with Crippen LogP contribution in [0.3, 0.4) is 0 Å². The number of benzene rings is 1. The molecule has 2 N–H and O–H groups in total. The second-order valence-electron chi connectivity index (χ2n) is 7.22. The van der Waals surface area contributed by atoms with Crippen molar-refractivity contribution in [2.75, 3.05) is 19.6 Å². The number of carbonyl (C=O) groups is 3. The maximum Gasteiger partial charge on any atom is 0.255 e. The zero-order valence-electron chi connectivity index (χ0n) is 15.1. The lowest BCUT2D eigenvalue weighted by Crippen LogP contribution is -2.43. The molecule has 0 spiro atoms. The number of nitrogens with one attached hydrogen (secondary N) is 2. The van der Waals surface area contributed by atoms with Gasteiger partial charge in [0.15, 0.2) is 0 Å². The highest BCUT2D eigenvalue weighted by molar-refractivity contribution is 6.33. The molecular formula is C18H23ClFN3O3. The Labute approximate surface area is 157 Å². The molecule has 26 heavy (non-hydrogen) atoms. The van der Waals surface area contributed by atoms with Crippen LogP contribution in [-0.2, 0) is 9.59 Å². The zero-order chi connectivity index (χ0) is 19.5. The van der Waals surface area contributed by atoms with Gasteiger partial charge in [-0.05, 0) is 32.9 Å². The Kier molecular flexibility index (Phi) is 6.23. The van der Waals surface area contributed by atoms with Gasteiger partial charge in [0.2, 0.25) is 11.8 Å². The minimum atomic E-state index is -0.703. The van der Waals surface area contributed by atoms with Crippen LogP contribution in [0.15, 0.2) is 18.2 Å². The lowest BCUT2D eigenvalue weighted by atomic mass is 10.1. The summed E-state index contributed by atoms with van der Waals surface area (Å²) in [7, 11) is 0. The third-order valence-electron chi connectivity index (χ3n) is 4.21. The van der Waals surface area contributed by atoms with Gasteiger partial charge in [0.05, 0.1) is 16.5 Å². The summed E-state index contributed by atoms with van der Waals surface area (Å²) in [5.41, 5.74) is -0.540. The lowest BCUT2D eigenvalue weighted by Gasteiger charge is -2.31. The van der Waals surface area contributed by atoms with E-state index in [0.29, 0.717) is 6.54 Å². The highest BCUT2D eigenvalue weighted by Crippen LogP contribution is 2.25. The Morgan fingerprint density at radius 1 is 1.27 bits per heavy atom. The fourth-order valence-electron chi connectivity index (χ4n) is 2.84. The highest BCUT2D eigenvalue weighted by Gasteiger charge is 2.39. The van der Waals surface area contributed by atoms with Crippen LogP contribution in [0.4, 0.5) is 4.39 Å². The fraction of sp³-hybridized carbons (Fsp3) is 0.500. The Hall–Kier alpha value is -2.15. The summed E-state index contributed by atoms with van der Waals surface area (Å²) in [5, 5.41) is 5.23. The summed E-state index contributed by atoms with van der Waals surface area (Å²) in [4.78, 5) is 37.9. The molecule has 142 valence electrons. The van der Waals surface area contributed by atoms with Gasteiger partial charge in [0, 0.05) is 31.6 Å². The molecule has 0 radical (unpaired) electrons. The third-order valence-corrected chi connectivity index (χ3v) is 4.52. The molecular weight excluding hydrogens is 361 g/mol. The molecule has 1 aliphatic rings. The topological polar surface area (TPSA) is 78.5 Å². The summed E-state index contributed by atoms with van der Waals surface area (Å²) in [6.45, 7) is 6.46. The van der Waals surface area contributed by atoms with Gasteiger partial charge in [-0.15, -0.1) is 0 Å². The normalized spacial score (nSPS) is 17.3. The molecule has 1 saturated heterocycles. The van der Waals surface area contributed by atoms with Gasteiger partial charge in [-0.3, -0.25) is 14.4 Å². The second-order valence-corrected chi connectivity index (χ2v) is 7.63. The van der Waals surface area contributed by atoms with E-state index in [1.165, 1.54) is 12.1 Å². The number of rotatable bonds is 5. The molecule has 1 aliphatic heterocycles. The smallest absolute Gasteiger partial charge is 0.255 e. The average molecular weight is 384 g/mol. The Morgan fingerprint density at radius 2 is 1.92 bits per heavy atom. The van der Waals surface area contributed by atoms with Crippen LogP contribution in [0, 0.1) is 11.7 Å². The van der Waals surface area contributed by atoms with Crippen molar-refractivity contribution in [3.63, 3.8) is 0 Å². The van der Waals surface area contributed by atoms with E-state index in [9.17, 15) is 18.8 Å². The predicted octanol–water partition coefficient (Wildman–Crippen LogP) is 1.97. The maximum atomic E-state index is 13.7. The van der Waals surface area contributed by atoms with Crippen LogP contribution in [-0.4, -0.2) is 47.8 Å². The molecule has 1 aromatic carbocycles. The molecule has 1 aromatic rings. The van der Waals surface area contributed by atoms with Crippen molar-refractivity contribution in [3.05, 3.63) is 34.6 Å². The lowest BCUT2D eigenvalue weighted by molar-refractivity contribution is -0.132. The molecule has 8 heteroatoms. The molecule has 0 aromatic heterocycles. The van der Waals surface area contributed by atoms with E-state index < -0.39 is 17.6 Å². The predicted molar refractivity (Wildman–Crippen MR) is 96.3 cm³/mol. The van der Waals surface area contributed by atoms with E-state index in [-0.39, 0.29) is 47.4 Å². The van der Waals surface area contributed by atoms with Crippen molar-refractivity contribution in [1.82, 2.24) is 15.5 Å². The second kappa shape index (κ2) is 8.03. The molecule has 1 unspecified atom stereocenters. The van der Waals surface area contributed by atoms with Crippen molar-refractivity contribution in [2.24, 2.45) is 5.92 Å². The Bertz CT molecular complexity index is 698. The van der Waals surface area contributed by atoms with Crippen LogP contribution in [0.2, 0.25) is 5.02 Å². The van der Waals surface area contributed by atoms with Gasteiger partial charge in [-0.25, -0.2) is 4.39 Å². The van der Waals surface area contributed by atoms with Crippen LogP contribution in [0.5, 0.6) is 0 Å². The van der Waals surface area contributed by atoms with Crippen LogP contribution in [0.25, 0.3) is 0 Å². The fourth-order valence-corrected chi connectivity index (χ4v) is 3.09. The zero-order valence-corrected chi connectivity index (χ0v) is 15.8. The van der Waals surface area contributed by atoms with Crippen molar-refractivity contribution in [3.8, 4) is 0 Å². The molecule has 0 saturated carbocycles. The monoisotopic (exact) mass is 383 g/mol. The van der Waals surface area contributed by atoms with Crippen LogP contribution < -0.4 is 10.6 Å². The van der Waals surface area contributed by atoms with E-state index in [2.05, 4.69) is 10.6 Å². The molecule has 1 fully saturated rings. The molecule has 1 heterocycles. The largest absolute Gasteiger partial charge is 0.354 e. The number of likely N-dealkylation sites (tertiary alicyclic amines) is 1. The molecule has 0 bridgehead atoms. The van der Waals surface area contributed by atoms with E-state index in [4.69, 9.17) is 11.6 Å². The number of hydrogen-bond acceptors (Lipinski definition) is 3. The molecule has 0 aliphatic carbocycles. The third kappa shape index (κ3) is 4.72. The van der Waals surface area contributed by atoms with Crippen LogP contribution in [0.1, 0.15) is 37.6 Å². The highest BCUT2D eigenvalue weighted by atomic mass is 35.5. The van der Waals surface area contributed by atoms with Crippen molar-refractivity contribution >= 4 is 29.3 Å². The number of carbonyl (C=O) groups excluding carboxylic acids is 3. The number of nitrogens with zero attached hydrogens (tertiary/aromatic N) is 1. The number of halogens is 2. The van der Waals surface area contributed by atoms with E-state index >= 15 is 0 Å². The first-order valence-electron chi connectivity index (χ1n) is 8.41. The van der Waals surface area contributed by atoms with Crippen LogP contribution >= 0.6 is 11.6 Å². The summed E-state index contributed by atoms with van der Waals surface area (Å²) in [5.74, 6) is -2.02. The average Bonchev–Trinajstić information content (AvgIpc) is 2.93. The minimum absolute atomic E-state index is 0.0262. The molecule has 6 nitrogen and oxygen atoms in total. The number of hydrogen-bond donors (Lipinski definition) is 2. The molecule has 2 rings (SSSR count). The quantitative estimate of drug-likeness (QED) is 0.763. The maximum absolute atomic E-state index is 13.7. The van der Waals surface area contributed by atoms with Gasteiger partial charge in [-0.2, -0.15) is 0 Å². The minimum Gasteiger partial charge on any atom is -0.354 e. The van der Waals surface area contributed by atoms with Gasteiger partial charge in [0.25, 0.3) is 5.91 Å². The standard InChI is InChI=1S/C18H23ClFN3O3/c1-18(2,3)23-10-11(9-14(23)24)16(25)21-7-8-22-17(26)15-12(19)5-4-6-13(15)20/h4-6,11H,7-10H2,1-3H3,(H,21,25)(H,22,26). The van der Waals surface area contributed by atoms with Crippen molar-refractivity contribution in [1.29, 1.82) is 0 Å². The number of amides is 3. The first-order valence-corrected chi connectivity index (χ1v) is 8.79. The van der Waals surface area contributed by atoms with E-state index in [0.717, 1.165) is 6.07 Å². The van der Waals surface area contributed by atoms with E-state index in [1.807, 2.05) is 20.8 Å². The first kappa shape index (κ1) is 20.2. The summed E-state index contributed by atoms with van der Waals surface area (Å²) >= 11 is 5.83. The van der Waals surface area contributed by atoms with Gasteiger partial charge < -0.3 is 15.5 Å². The Balaban J connectivity index is 1.79. The summed E-state index contributed by atoms with van der Waals surface area (Å²) in [6.07, 6.45) is 0.181. The van der Waals surface area contributed by atoms with Gasteiger partial charge >= 0.3 is 0 Å². The molecule has 3 amide bonds. The Morgan fingerprint density at radius 3 is 2.50 bits per heavy atom. The van der Waals surface area contributed by atoms with Gasteiger partial charge in [0.1, 0.15) is 5.82 Å². The van der Waals surface area contributed by atoms with Crippen molar-refractivity contribution < 1.29 is 18.8 Å². The summed E-state index contributed by atoms with van der Waals surface area (Å²) < 4.78 is 13.7. The van der Waals surface area contributed by atoms with Gasteiger partial charge in [-0.1, -0.05) is 17.7 Å². The van der Waals surface area contributed by atoms with E-state index in [1.54, 1.807) is 4.90 Å². The SMILES string of the molecule is CC(C)(C)N1CC(C(=O)NCCNC(=O)c2c(F)cccc2Cl)CC1=O. The first-order chi connectivity index (χ1) is 12.1. The van der Waals surface area contributed by atoms with Crippen molar-refractivity contribution in [2.45, 2.75) is 32.7 Å².